The van der Waals surface area contributed by atoms with Crippen molar-refractivity contribution in [1.82, 2.24) is 0 Å². The molecule has 0 atom stereocenters. The zero-order valence-corrected chi connectivity index (χ0v) is 27.6. The summed E-state index contributed by atoms with van der Waals surface area (Å²) in [6, 6.07) is 62.7. The highest BCUT2D eigenvalue weighted by molar-refractivity contribution is 6.28. The molecule has 0 bridgehead atoms. The van der Waals surface area contributed by atoms with Gasteiger partial charge in [-0.1, -0.05) is 146 Å². The van der Waals surface area contributed by atoms with Gasteiger partial charge in [-0.3, -0.25) is 0 Å². The van der Waals surface area contributed by atoms with E-state index in [1.807, 2.05) is 0 Å². The molecule has 0 N–H and O–H groups in total. The number of furan rings is 1. The van der Waals surface area contributed by atoms with E-state index in [0.717, 1.165) is 22.1 Å². The van der Waals surface area contributed by atoms with Gasteiger partial charge in [0.05, 0.1) is 0 Å². The van der Waals surface area contributed by atoms with E-state index in [1.54, 1.807) is 0 Å². The van der Waals surface area contributed by atoms with Crippen LogP contribution in [0.15, 0.2) is 174 Å². The fraction of sp³-hybridized carbons (Fsp3) is 0. The molecule has 0 unspecified atom stereocenters. The van der Waals surface area contributed by atoms with Gasteiger partial charge >= 0.3 is 0 Å². The van der Waals surface area contributed by atoms with Crippen molar-refractivity contribution in [1.29, 1.82) is 0 Å². The Balaban J connectivity index is 1.29. The monoisotopic (exact) mass is 644 g/mol. The highest BCUT2D eigenvalue weighted by Crippen LogP contribution is 2.48. The van der Waals surface area contributed by atoms with E-state index in [4.69, 9.17) is 4.42 Å². The highest BCUT2D eigenvalue weighted by atomic mass is 16.3. The van der Waals surface area contributed by atoms with Crippen molar-refractivity contribution in [3.05, 3.63) is 170 Å². The van der Waals surface area contributed by atoms with Gasteiger partial charge in [-0.15, -0.1) is 0 Å². The van der Waals surface area contributed by atoms with Crippen LogP contribution in [0.2, 0.25) is 0 Å². The zero-order valence-electron chi connectivity index (χ0n) is 27.6. The summed E-state index contributed by atoms with van der Waals surface area (Å²) < 4.78 is 7.00. The standard InChI is InChI=1S/C50H28O/c1-4-13-36-29(8-1)18-23-41-42(36)26-34-10-3-6-15-39(34)48(41)43-27-35(28-44-49-38-14-5-2-9-30(38)21-25-45(49)51-50(43)44)37-22-19-33-17-16-31-11-7-12-32-20-24-40(37)47(33)46(31)32/h1-28H. The third-order valence-corrected chi connectivity index (χ3v) is 11.3. The van der Waals surface area contributed by atoms with Gasteiger partial charge in [0.2, 0.25) is 0 Å². The first kappa shape index (κ1) is 27.2. The van der Waals surface area contributed by atoms with Gasteiger partial charge in [-0.25, -0.2) is 0 Å². The fourth-order valence-electron chi connectivity index (χ4n) is 9.09. The van der Waals surface area contributed by atoms with Crippen molar-refractivity contribution in [3.8, 4) is 22.3 Å². The molecule has 1 heterocycles. The second-order valence-corrected chi connectivity index (χ2v) is 14.0. The molecule has 11 aromatic carbocycles. The minimum absolute atomic E-state index is 0.910. The van der Waals surface area contributed by atoms with E-state index >= 15 is 0 Å². The van der Waals surface area contributed by atoms with Crippen molar-refractivity contribution in [2.45, 2.75) is 0 Å². The second kappa shape index (κ2) is 9.94. The molecule has 0 aliphatic carbocycles. The van der Waals surface area contributed by atoms with Gasteiger partial charge in [0.15, 0.2) is 0 Å². The van der Waals surface area contributed by atoms with E-state index < -0.39 is 0 Å². The summed E-state index contributed by atoms with van der Waals surface area (Å²) in [7, 11) is 0. The molecule has 51 heavy (non-hydrogen) atoms. The lowest BCUT2D eigenvalue weighted by Crippen LogP contribution is -1.91. The molecule has 234 valence electrons. The second-order valence-electron chi connectivity index (χ2n) is 14.0. The molecule has 0 radical (unpaired) electrons. The zero-order chi connectivity index (χ0) is 33.2. The molecular weight excluding hydrogens is 617 g/mol. The molecule has 12 rings (SSSR count). The molecule has 12 aromatic rings. The minimum Gasteiger partial charge on any atom is -0.455 e. The molecule has 0 fully saturated rings. The molecule has 1 nitrogen and oxygen atoms in total. The quantitative estimate of drug-likeness (QED) is 0.135. The van der Waals surface area contributed by atoms with Crippen LogP contribution in [0.1, 0.15) is 0 Å². The van der Waals surface area contributed by atoms with E-state index in [2.05, 4.69) is 170 Å². The van der Waals surface area contributed by atoms with Crippen LogP contribution in [-0.2, 0) is 0 Å². The Hall–Kier alpha value is -6.70. The summed E-state index contributed by atoms with van der Waals surface area (Å²) >= 11 is 0. The van der Waals surface area contributed by atoms with E-state index in [0.29, 0.717) is 0 Å². The Kier molecular flexibility index (Phi) is 5.29. The number of hydrogen-bond acceptors (Lipinski definition) is 1. The minimum atomic E-state index is 0.910. The average Bonchev–Trinajstić information content (AvgIpc) is 3.58. The smallest absolute Gasteiger partial charge is 0.143 e. The Morgan fingerprint density at radius 1 is 0.294 bits per heavy atom. The molecule has 0 saturated carbocycles. The lowest BCUT2D eigenvalue weighted by atomic mass is 9.86. The van der Waals surface area contributed by atoms with Crippen LogP contribution in [0, 0.1) is 0 Å². The fourth-order valence-corrected chi connectivity index (χ4v) is 9.09. The lowest BCUT2D eigenvalue weighted by molar-refractivity contribution is 0.670. The average molecular weight is 645 g/mol. The first-order chi connectivity index (χ1) is 25.3. The molecule has 0 amide bonds. The topological polar surface area (TPSA) is 13.1 Å². The Labute approximate surface area is 292 Å². The number of hydrogen-bond donors (Lipinski definition) is 0. The lowest BCUT2D eigenvalue weighted by Gasteiger charge is -2.17. The van der Waals surface area contributed by atoms with Gasteiger partial charge in [-0.05, 0) is 111 Å². The molecule has 1 heteroatoms. The first-order valence-corrected chi connectivity index (χ1v) is 17.7. The van der Waals surface area contributed by atoms with Crippen LogP contribution < -0.4 is 0 Å². The molecular formula is C50H28O. The van der Waals surface area contributed by atoms with Crippen molar-refractivity contribution < 1.29 is 4.42 Å². The van der Waals surface area contributed by atoms with Crippen LogP contribution in [0.3, 0.4) is 0 Å². The summed E-state index contributed by atoms with van der Waals surface area (Å²) in [6.07, 6.45) is 0. The van der Waals surface area contributed by atoms with Crippen LogP contribution in [0.4, 0.5) is 0 Å². The number of benzene rings is 11. The van der Waals surface area contributed by atoms with Crippen LogP contribution >= 0.6 is 0 Å². The molecule has 0 saturated heterocycles. The normalized spacial score (nSPS) is 12.3. The summed E-state index contributed by atoms with van der Waals surface area (Å²) in [5.74, 6) is 0. The largest absolute Gasteiger partial charge is 0.455 e. The Bertz CT molecular complexity index is 3400. The third-order valence-electron chi connectivity index (χ3n) is 11.3. The summed E-state index contributed by atoms with van der Waals surface area (Å²) in [4.78, 5) is 0. The maximum Gasteiger partial charge on any atom is 0.143 e. The number of fused-ring (bicyclic) bond motifs is 9. The van der Waals surface area contributed by atoms with Crippen molar-refractivity contribution in [2.24, 2.45) is 0 Å². The van der Waals surface area contributed by atoms with Gasteiger partial charge < -0.3 is 4.42 Å². The van der Waals surface area contributed by atoms with E-state index in [-0.39, 0.29) is 0 Å². The van der Waals surface area contributed by atoms with Crippen molar-refractivity contribution in [2.75, 3.05) is 0 Å². The predicted molar refractivity (Wildman–Crippen MR) is 218 cm³/mol. The Morgan fingerprint density at radius 2 is 0.902 bits per heavy atom. The van der Waals surface area contributed by atoms with Gasteiger partial charge in [0, 0.05) is 21.9 Å². The van der Waals surface area contributed by atoms with Crippen LogP contribution in [0.5, 0.6) is 0 Å². The number of rotatable bonds is 2. The van der Waals surface area contributed by atoms with Gasteiger partial charge in [-0.2, -0.15) is 0 Å². The molecule has 1 aromatic heterocycles. The van der Waals surface area contributed by atoms with E-state index in [1.165, 1.54) is 97.5 Å². The maximum atomic E-state index is 7.00. The molecule has 0 aliphatic heterocycles. The maximum absolute atomic E-state index is 7.00. The van der Waals surface area contributed by atoms with Crippen molar-refractivity contribution >= 4 is 97.3 Å². The van der Waals surface area contributed by atoms with Crippen molar-refractivity contribution in [3.63, 3.8) is 0 Å². The van der Waals surface area contributed by atoms with E-state index in [9.17, 15) is 0 Å². The van der Waals surface area contributed by atoms with Crippen LogP contribution in [0.25, 0.3) is 120 Å². The molecule has 0 aliphatic rings. The summed E-state index contributed by atoms with van der Waals surface area (Å²) in [5, 5.41) is 19.9. The Morgan fingerprint density at radius 3 is 1.75 bits per heavy atom. The van der Waals surface area contributed by atoms with Crippen LogP contribution in [-0.4, -0.2) is 0 Å². The first-order valence-electron chi connectivity index (χ1n) is 17.7. The van der Waals surface area contributed by atoms with Gasteiger partial charge in [0.25, 0.3) is 0 Å². The summed E-state index contributed by atoms with van der Waals surface area (Å²) in [5.41, 5.74) is 6.58. The predicted octanol–water partition coefficient (Wildman–Crippen LogP) is 14.4. The van der Waals surface area contributed by atoms with Gasteiger partial charge in [0.1, 0.15) is 11.2 Å². The third kappa shape index (κ3) is 3.70. The summed E-state index contributed by atoms with van der Waals surface area (Å²) in [6.45, 7) is 0. The SMILES string of the molecule is c1ccc2c(-c3cc(-c4ccc5ccc6cccc7ccc4c5c67)cc4c3oc3ccc5ccccc5c34)c3ccc4ccccc4c3cc2c1. The highest BCUT2D eigenvalue weighted by Gasteiger charge is 2.22. The molecule has 0 spiro atoms.